The second-order valence-corrected chi connectivity index (χ2v) is 10.2. The quantitative estimate of drug-likeness (QED) is 0.149. The lowest BCUT2D eigenvalue weighted by molar-refractivity contribution is 0.477. The maximum Gasteiger partial charge on any atom is 0.187 e. The van der Waals surface area contributed by atoms with Crippen LogP contribution in [0.4, 0.5) is 16.5 Å². The van der Waals surface area contributed by atoms with Crippen molar-refractivity contribution in [1.82, 2.24) is 10.3 Å². The van der Waals surface area contributed by atoms with Gasteiger partial charge >= 0.3 is 0 Å². The smallest absolute Gasteiger partial charge is 0.187 e. The van der Waals surface area contributed by atoms with E-state index in [1.165, 1.54) is 40.3 Å². The molecule has 6 N–H and O–H groups in total. The first-order valence-corrected chi connectivity index (χ1v) is 13.7. The number of anilines is 3. The highest BCUT2D eigenvalue weighted by atomic mass is 32.2. The highest BCUT2D eigenvalue weighted by Crippen LogP contribution is 2.28. The van der Waals surface area contributed by atoms with E-state index in [0.29, 0.717) is 17.3 Å². The lowest BCUT2D eigenvalue weighted by Gasteiger charge is -2.16. The summed E-state index contributed by atoms with van der Waals surface area (Å²) in [5.41, 5.74) is 10.5. The van der Waals surface area contributed by atoms with Gasteiger partial charge in [0.1, 0.15) is 5.75 Å². The summed E-state index contributed by atoms with van der Waals surface area (Å²) in [4.78, 5) is 8.55. The van der Waals surface area contributed by atoms with Crippen molar-refractivity contribution in [3.63, 3.8) is 0 Å². The molecule has 10 heteroatoms. The second kappa shape index (κ2) is 15.8. The third-order valence-electron chi connectivity index (χ3n) is 4.76. The number of rotatable bonds is 5. The van der Waals surface area contributed by atoms with Crippen LogP contribution in [-0.2, 0) is 0 Å². The van der Waals surface area contributed by atoms with Crippen molar-refractivity contribution in [2.45, 2.75) is 27.2 Å². The molecule has 0 atom stereocenters. The van der Waals surface area contributed by atoms with Crippen LogP contribution in [0.15, 0.2) is 65.6 Å². The zero-order chi connectivity index (χ0) is 26.3. The summed E-state index contributed by atoms with van der Waals surface area (Å²) in [7, 11) is 0. The number of thiazole rings is 1. The number of hydrogen-bond donors (Lipinski definition) is 5. The molecule has 0 bridgehead atoms. The SMILES string of the molecule is C=CCNC(N)=S.Cc1ccc(Nc2nccs2)c(O)c1.Cc1cccc(C)c1NC1=NCCCS1. The topological polar surface area (TPSA) is 108 Å². The number of aryl methyl sites for hydroxylation is 3. The van der Waals surface area contributed by atoms with Crippen molar-refractivity contribution in [3.05, 3.63) is 77.3 Å². The van der Waals surface area contributed by atoms with Crippen LogP contribution in [0, 0.1) is 20.8 Å². The number of nitrogens with two attached hydrogens (primary N) is 1. The zero-order valence-electron chi connectivity index (χ0n) is 20.9. The lowest BCUT2D eigenvalue weighted by atomic mass is 10.1. The van der Waals surface area contributed by atoms with Crippen molar-refractivity contribution >= 4 is 62.1 Å². The van der Waals surface area contributed by atoms with Crippen LogP contribution in [0.5, 0.6) is 5.75 Å². The van der Waals surface area contributed by atoms with Gasteiger partial charge in [0.2, 0.25) is 0 Å². The second-order valence-electron chi connectivity index (χ2n) is 7.80. The van der Waals surface area contributed by atoms with Gasteiger partial charge in [-0.1, -0.05) is 42.1 Å². The van der Waals surface area contributed by atoms with Gasteiger partial charge < -0.3 is 26.8 Å². The van der Waals surface area contributed by atoms with Gasteiger partial charge in [0.25, 0.3) is 0 Å². The van der Waals surface area contributed by atoms with E-state index in [4.69, 9.17) is 5.73 Å². The molecule has 0 spiro atoms. The standard InChI is InChI=1S/C12H16N2S.C10H10N2OS.C4H8N2S/c1-9-5-3-6-10(2)11(9)14-12-13-7-4-8-15-12;1-7-2-3-8(9(13)6-7)12-10-11-4-5-14-10;1-2-3-6-4(5)7/h3,5-6H,4,7-8H2,1-2H3,(H,13,14);2-6,13H,1H3,(H,11,12);2H,1,3H2,(H3,5,6,7). The van der Waals surface area contributed by atoms with Crippen molar-refractivity contribution in [2.24, 2.45) is 10.7 Å². The van der Waals surface area contributed by atoms with Crippen LogP contribution < -0.4 is 21.7 Å². The van der Waals surface area contributed by atoms with Gasteiger partial charge in [0, 0.05) is 36.1 Å². The van der Waals surface area contributed by atoms with E-state index in [1.807, 2.05) is 36.2 Å². The number of phenolic OH excluding ortho intramolecular Hbond substituents is 1. The zero-order valence-corrected chi connectivity index (χ0v) is 23.3. The Morgan fingerprint density at radius 3 is 2.47 bits per heavy atom. The Bertz CT molecular complexity index is 1130. The Labute approximate surface area is 227 Å². The molecule has 2 heterocycles. The largest absolute Gasteiger partial charge is 0.506 e. The summed E-state index contributed by atoms with van der Waals surface area (Å²) in [6.07, 6.45) is 4.61. The molecule has 36 heavy (non-hydrogen) atoms. The number of benzene rings is 2. The third-order valence-corrected chi connectivity index (χ3v) is 6.59. The van der Waals surface area contributed by atoms with Crippen LogP contribution in [0.1, 0.15) is 23.1 Å². The Hall–Kier alpha value is -3.08. The maximum absolute atomic E-state index is 9.60. The molecule has 2 aromatic carbocycles. The number of nitrogens with zero attached hydrogens (tertiary/aromatic N) is 2. The van der Waals surface area contributed by atoms with Gasteiger partial charge in [0.05, 0.1) is 5.69 Å². The molecule has 1 aliphatic rings. The van der Waals surface area contributed by atoms with Gasteiger partial charge in [-0.15, -0.1) is 17.9 Å². The molecule has 0 unspecified atom stereocenters. The van der Waals surface area contributed by atoms with E-state index < -0.39 is 0 Å². The van der Waals surface area contributed by atoms with Gasteiger partial charge in [-0.3, -0.25) is 4.99 Å². The van der Waals surface area contributed by atoms with Crippen LogP contribution >= 0.6 is 35.3 Å². The minimum absolute atomic E-state index is 0.250. The number of phenols is 1. The summed E-state index contributed by atoms with van der Waals surface area (Å²) in [6.45, 7) is 11.3. The summed E-state index contributed by atoms with van der Waals surface area (Å²) >= 11 is 7.79. The summed E-state index contributed by atoms with van der Waals surface area (Å²) in [6, 6.07) is 11.8. The van der Waals surface area contributed by atoms with Crippen LogP contribution in [-0.4, -0.2) is 39.2 Å². The molecular weight excluding hydrogens is 509 g/mol. The van der Waals surface area contributed by atoms with Gasteiger partial charge in [0.15, 0.2) is 15.4 Å². The average Bonchev–Trinajstić information content (AvgIpc) is 3.37. The van der Waals surface area contributed by atoms with Gasteiger partial charge in [-0.25, -0.2) is 4.98 Å². The maximum atomic E-state index is 9.60. The number of thiocarbonyl (C=S) groups is 1. The normalized spacial score (nSPS) is 12.0. The van der Waals surface area contributed by atoms with E-state index in [-0.39, 0.29) is 5.75 Å². The van der Waals surface area contributed by atoms with Crippen molar-refractivity contribution in [2.75, 3.05) is 29.5 Å². The molecule has 0 aliphatic carbocycles. The van der Waals surface area contributed by atoms with Crippen molar-refractivity contribution in [3.8, 4) is 5.75 Å². The van der Waals surface area contributed by atoms with Crippen LogP contribution in [0.3, 0.4) is 0 Å². The van der Waals surface area contributed by atoms with Crippen molar-refractivity contribution < 1.29 is 5.11 Å². The number of nitrogens with one attached hydrogen (secondary N) is 3. The van der Waals surface area contributed by atoms with Gasteiger partial charge in [-0.2, -0.15) is 0 Å². The fourth-order valence-electron chi connectivity index (χ4n) is 2.97. The highest BCUT2D eigenvalue weighted by molar-refractivity contribution is 8.14. The monoisotopic (exact) mass is 542 g/mol. The highest BCUT2D eigenvalue weighted by Gasteiger charge is 2.08. The van der Waals surface area contributed by atoms with E-state index in [0.717, 1.165) is 22.4 Å². The first-order valence-electron chi connectivity index (χ1n) is 11.4. The molecule has 3 aromatic rings. The number of thioether (sulfide) groups is 1. The molecule has 0 amide bonds. The van der Waals surface area contributed by atoms with E-state index >= 15 is 0 Å². The molecule has 0 saturated carbocycles. The number of aromatic nitrogens is 1. The Kier molecular flexibility index (Phi) is 12.8. The number of hydrogen-bond acceptors (Lipinski definition) is 8. The molecule has 7 nitrogen and oxygen atoms in total. The van der Waals surface area contributed by atoms with Gasteiger partial charge in [-0.05, 0) is 68.2 Å². The number of para-hydroxylation sites is 1. The molecule has 192 valence electrons. The summed E-state index contributed by atoms with van der Waals surface area (Å²) < 4.78 is 0. The molecule has 0 saturated heterocycles. The Morgan fingerprint density at radius 2 is 1.94 bits per heavy atom. The summed E-state index contributed by atoms with van der Waals surface area (Å²) in [5, 5.41) is 22.8. The Balaban J connectivity index is 0.000000204. The van der Waals surface area contributed by atoms with Crippen LogP contribution in [0.25, 0.3) is 0 Å². The van der Waals surface area contributed by atoms with Crippen molar-refractivity contribution in [1.29, 1.82) is 0 Å². The predicted molar refractivity (Wildman–Crippen MR) is 162 cm³/mol. The number of aliphatic imine (C=N–C) groups is 1. The predicted octanol–water partition coefficient (Wildman–Crippen LogP) is 6.11. The minimum atomic E-state index is 0.250. The van der Waals surface area contributed by atoms with E-state index in [1.54, 1.807) is 18.3 Å². The fraction of sp³-hybridized carbons (Fsp3) is 0.269. The molecule has 0 fully saturated rings. The van der Waals surface area contributed by atoms with E-state index in [2.05, 4.69) is 76.8 Å². The minimum Gasteiger partial charge on any atom is -0.506 e. The summed E-state index contributed by atoms with van der Waals surface area (Å²) in [5.74, 6) is 1.43. The molecule has 1 aromatic heterocycles. The molecule has 4 rings (SSSR count). The lowest BCUT2D eigenvalue weighted by Crippen LogP contribution is -2.28. The number of aromatic hydroxyl groups is 1. The molecular formula is C26H34N6OS3. The third kappa shape index (κ3) is 10.7. The average molecular weight is 543 g/mol. The fourth-order valence-corrected chi connectivity index (χ4v) is 4.42. The molecule has 0 radical (unpaired) electrons. The van der Waals surface area contributed by atoms with Crippen LogP contribution in [0.2, 0.25) is 0 Å². The van der Waals surface area contributed by atoms with E-state index in [9.17, 15) is 5.11 Å². The number of amidine groups is 1. The molecule has 1 aliphatic heterocycles. The Morgan fingerprint density at radius 1 is 1.19 bits per heavy atom. The first kappa shape index (κ1) is 29.2. The first-order chi connectivity index (χ1) is 17.3.